The van der Waals surface area contributed by atoms with Crippen LogP contribution in [0.4, 0.5) is 0 Å². The van der Waals surface area contributed by atoms with Gasteiger partial charge in [0.15, 0.2) is 0 Å². The van der Waals surface area contributed by atoms with Gasteiger partial charge < -0.3 is 4.90 Å². The molecule has 1 aliphatic rings. The van der Waals surface area contributed by atoms with Crippen molar-refractivity contribution in [1.82, 2.24) is 4.90 Å². The normalized spacial score (nSPS) is 43.8. The van der Waals surface area contributed by atoms with Crippen molar-refractivity contribution in [3.8, 4) is 0 Å². The van der Waals surface area contributed by atoms with Crippen LogP contribution in [0.3, 0.4) is 0 Å². The number of likely N-dealkylation sites (tertiary alicyclic amines) is 1. The van der Waals surface area contributed by atoms with Crippen LogP contribution in [0.15, 0.2) is 0 Å². The highest BCUT2D eigenvalue weighted by atomic mass is 127. The van der Waals surface area contributed by atoms with Crippen LogP contribution in [0.5, 0.6) is 0 Å². The molecule has 2 unspecified atom stereocenters. The van der Waals surface area contributed by atoms with E-state index in [0.29, 0.717) is 0 Å². The fourth-order valence-electron chi connectivity index (χ4n) is 1.60. The Balaban J connectivity index is 2.49. The molecule has 60 valence electrons. The summed E-state index contributed by atoms with van der Waals surface area (Å²) in [5.74, 6) is 0. The molecule has 0 spiro atoms. The van der Waals surface area contributed by atoms with E-state index < -0.39 is 0 Å². The van der Waals surface area contributed by atoms with Gasteiger partial charge in [-0.25, -0.2) is 0 Å². The summed E-state index contributed by atoms with van der Waals surface area (Å²) in [6.45, 7) is 4.64. The van der Waals surface area contributed by atoms with Crippen LogP contribution in [0, 0.1) is 0 Å². The molecule has 0 radical (unpaired) electrons. The van der Waals surface area contributed by atoms with Crippen LogP contribution in [0.1, 0.15) is 26.7 Å². The van der Waals surface area contributed by atoms with Crippen molar-refractivity contribution in [3.05, 3.63) is 0 Å². The van der Waals surface area contributed by atoms with Crippen LogP contribution in [-0.4, -0.2) is 28.0 Å². The largest absolute Gasteiger partial charge is 0.301 e. The molecule has 2 heteroatoms. The Morgan fingerprint density at radius 1 is 1.20 bits per heavy atom. The Morgan fingerprint density at radius 3 is 2.00 bits per heavy atom. The summed E-state index contributed by atoms with van der Waals surface area (Å²) in [7, 11) is 2.23. The van der Waals surface area contributed by atoms with Gasteiger partial charge in [-0.05, 0) is 33.7 Å². The predicted molar refractivity (Wildman–Crippen MR) is 53.7 cm³/mol. The predicted octanol–water partition coefficient (Wildman–Crippen LogP) is 2.29. The molecule has 1 nitrogen and oxygen atoms in total. The maximum absolute atomic E-state index is 2.57. The van der Waals surface area contributed by atoms with Gasteiger partial charge >= 0.3 is 0 Å². The molecule has 1 saturated heterocycles. The summed E-state index contributed by atoms with van der Waals surface area (Å²) < 4.78 is 0.902. The smallest absolute Gasteiger partial charge is 0.0139 e. The van der Waals surface area contributed by atoms with Gasteiger partial charge in [0.2, 0.25) is 0 Å². The SMILES string of the molecule is CC1CC(I)CC(C)N1C. The fourth-order valence-corrected chi connectivity index (χ4v) is 3.08. The van der Waals surface area contributed by atoms with Gasteiger partial charge in [-0.2, -0.15) is 0 Å². The van der Waals surface area contributed by atoms with Crippen molar-refractivity contribution >= 4 is 22.6 Å². The lowest BCUT2D eigenvalue weighted by molar-refractivity contribution is 0.145. The van der Waals surface area contributed by atoms with E-state index in [1.54, 1.807) is 0 Å². The van der Waals surface area contributed by atoms with Gasteiger partial charge in [-0.15, -0.1) is 0 Å². The van der Waals surface area contributed by atoms with Crippen molar-refractivity contribution in [1.29, 1.82) is 0 Å². The molecular formula is C8H16IN. The first-order chi connectivity index (χ1) is 4.61. The Morgan fingerprint density at radius 2 is 1.60 bits per heavy atom. The number of piperidine rings is 1. The highest BCUT2D eigenvalue weighted by molar-refractivity contribution is 14.1. The molecule has 10 heavy (non-hydrogen) atoms. The van der Waals surface area contributed by atoms with Crippen LogP contribution in [0.2, 0.25) is 0 Å². The fraction of sp³-hybridized carbons (Fsp3) is 1.00. The second-order valence-electron chi connectivity index (χ2n) is 3.43. The number of hydrogen-bond donors (Lipinski definition) is 0. The van der Waals surface area contributed by atoms with Crippen molar-refractivity contribution in [2.75, 3.05) is 7.05 Å². The molecule has 1 aliphatic heterocycles. The molecule has 1 heterocycles. The lowest BCUT2D eigenvalue weighted by Crippen LogP contribution is -2.44. The molecule has 0 aromatic rings. The molecule has 0 saturated carbocycles. The van der Waals surface area contributed by atoms with E-state index in [1.165, 1.54) is 12.8 Å². The lowest BCUT2D eigenvalue weighted by Gasteiger charge is -2.38. The first-order valence-electron chi connectivity index (χ1n) is 3.97. The number of alkyl halides is 1. The summed E-state index contributed by atoms with van der Waals surface area (Å²) in [4.78, 5) is 2.48. The molecule has 0 bridgehead atoms. The quantitative estimate of drug-likeness (QED) is 0.473. The van der Waals surface area contributed by atoms with Crippen molar-refractivity contribution < 1.29 is 0 Å². The van der Waals surface area contributed by atoms with E-state index in [4.69, 9.17) is 0 Å². The molecule has 1 rings (SSSR count). The van der Waals surface area contributed by atoms with Crippen LogP contribution in [0.25, 0.3) is 0 Å². The van der Waals surface area contributed by atoms with E-state index in [1.807, 2.05) is 0 Å². The number of nitrogens with zero attached hydrogens (tertiary/aromatic N) is 1. The number of rotatable bonds is 0. The molecule has 0 amide bonds. The van der Waals surface area contributed by atoms with Gasteiger partial charge in [0.1, 0.15) is 0 Å². The Hall–Kier alpha value is 0.690. The van der Waals surface area contributed by atoms with E-state index in [2.05, 4.69) is 48.4 Å². The van der Waals surface area contributed by atoms with Crippen LogP contribution >= 0.6 is 22.6 Å². The standard InChI is InChI=1S/C8H16IN/c1-6-4-8(9)5-7(2)10(6)3/h6-8H,4-5H2,1-3H3. The maximum Gasteiger partial charge on any atom is 0.0139 e. The zero-order valence-corrected chi connectivity index (χ0v) is 9.13. The highest BCUT2D eigenvalue weighted by Crippen LogP contribution is 2.26. The van der Waals surface area contributed by atoms with Crippen molar-refractivity contribution in [2.45, 2.75) is 42.7 Å². The third kappa shape index (κ3) is 1.84. The van der Waals surface area contributed by atoms with Gasteiger partial charge in [-0.3, -0.25) is 0 Å². The second-order valence-corrected chi connectivity index (χ2v) is 5.19. The third-order valence-corrected chi connectivity index (χ3v) is 3.60. The summed E-state index contributed by atoms with van der Waals surface area (Å²) in [5.41, 5.74) is 0. The van der Waals surface area contributed by atoms with E-state index >= 15 is 0 Å². The highest BCUT2D eigenvalue weighted by Gasteiger charge is 2.25. The van der Waals surface area contributed by atoms with Gasteiger partial charge in [-0.1, -0.05) is 22.6 Å². The molecule has 1 fully saturated rings. The first kappa shape index (κ1) is 8.78. The van der Waals surface area contributed by atoms with Crippen LogP contribution < -0.4 is 0 Å². The second kappa shape index (κ2) is 3.39. The lowest BCUT2D eigenvalue weighted by atomic mass is 9.99. The minimum Gasteiger partial charge on any atom is -0.301 e. The Kier molecular flexibility index (Phi) is 2.98. The Labute approximate surface area is 77.3 Å². The van der Waals surface area contributed by atoms with Gasteiger partial charge in [0.25, 0.3) is 0 Å². The van der Waals surface area contributed by atoms with Crippen LogP contribution in [-0.2, 0) is 0 Å². The van der Waals surface area contributed by atoms with E-state index in [0.717, 1.165) is 16.0 Å². The van der Waals surface area contributed by atoms with Crippen molar-refractivity contribution in [2.24, 2.45) is 0 Å². The monoisotopic (exact) mass is 253 g/mol. The average molecular weight is 253 g/mol. The molecule has 0 aromatic carbocycles. The average Bonchev–Trinajstić information content (AvgIpc) is 1.82. The summed E-state index contributed by atoms with van der Waals surface area (Å²) >= 11 is 2.57. The summed E-state index contributed by atoms with van der Waals surface area (Å²) in [6, 6.07) is 1.57. The number of halogens is 1. The van der Waals surface area contributed by atoms with E-state index in [-0.39, 0.29) is 0 Å². The first-order valence-corrected chi connectivity index (χ1v) is 5.22. The van der Waals surface area contributed by atoms with Crippen molar-refractivity contribution in [3.63, 3.8) is 0 Å². The molecule has 0 N–H and O–H groups in total. The summed E-state index contributed by atoms with van der Waals surface area (Å²) in [5, 5.41) is 0. The number of hydrogen-bond acceptors (Lipinski definition) is 1. The minimum atomic E-state index is 0.783. The maximum atomic E-state index is 2.57. The molecule has 0 aliphatic carbocycles. The minimum absolute atomic E-state index is 0.783. The van der Waals surface area contributed by atoms with Gasteiger partial charge in [0, 0.05) is 16.0 Å². The molecular weight excluding hydrogens is 237 g/mol. The molecule has 2 atom stereocenters. The Bertz CT molecular complexity index is 104. The zero-order chi connectivity index (χ0) is 7.72. The summed E-state index contributed by atoms with van der Waals surface area (Å²) in [6.07, 6.45) is 2.72. The van der Waals surface area contributed by atoms with Gasteiger partial charge in [0.05, 0.1) is 0 Å². The molecule has 0 aromatic heterocycles. The third-order valence-electron chi connectivity index (χ3n) is 2.58. The zero-order valence-electron chi connectivity index (χ0n) is 6.97. The topological polar surface area (TPSA) is 3.24 Å². The van der Waals surface area contributed by atoms with E-state index in [9.17, 15) is 0 Å².